The van der Waals surface area contributed by atoms with Gasteiger partial charge >= 0.3 is 0 Å². The SMILES string of the molecule is CNc1ccc2c(c1)CC=CO2. The maximum absolute atomic E-state index is 5.31. The molecule has 0 radical (unpaired) electrons. The van der Waals surface area contributed by atoms with E-state index < -0.39 is 0 Å². The van der Waals surface area contributed by atoms with Gasteiger partial charge in [-0.15, -0.1) is 0 Å². The second-order valence-electron chi connectivity index (χ2n) is 2.77. The van der Waals surface area contributed by atoms with Gasteiger partial charge in [0.15, 0.2) is 0 Å². The highest BCUT2D eigenvalue weighted by atomic mass is 16.5. The van der Waals surface area contributed by atoms with E-state index in [9.17, 15) is 0 Å². The van der Waals surface area contributed by atoms with Crippen LogP contribution in [0.2, 0.25) is 0 Å². The lowest BCUT2D eigenvalue weighted by Gasteiger charge is -2.12. The van der Waals surface area contributed by atoms with E-state index in [0.29, 0.717) is 0 Å². The Morgan fingerprint density at radius 2 is 2.33 bits per heavy atom. The summed E-state index contributed by atoms with van der Waals surface area (Å²) in [4.78, 5) is 0. The van der Waals surface area contributed by atoms with Crippen molar-refractivity contribution in [1.82, 2.24) is 0 Å². The molecule has 1 aromatic carbocycles. The van der Waals surface area contributed by atoms with Gasteiger partial charge in [-0.1, -0.05) is 0 Å². The van der Waals surface area contributed by atoms with Crippen LogP contribution in [0.25, 0.3) is 0 Å². The van der Waals surface area contributed by atoms with Gasteiger partial charge in [-0.25, -0.2) is 0 Å². The maximum atomic E-state index is 5.31. The van der Waals surface area contributed by atoms with E-state index in [4.69, 9.17) is 4.74 Å². The van der Waals surface area contributed by atoms with Gasteiger partial charge in [0.25, 0.3) is 0 Å². The molecule has 0 aromatic heterocycles. The molecule has 1 aromatic rings. The molecule has 1 aliphatic heterocycles. The monoisotopic (exact) mass is 161 g/mol. The van der Waals surface area contributed by atoms with Crippen LogP contribution < -0.4 is 10.1 Å². The second kappa shape index (κ2) is 2.89. The van der Waals surface area contributed by atoms with Crippen molar-refractivity contribution < 1.29 is 4.74 Å². The van der Waals surface area contributed by atoms with Crippen molar-refractivity contribution in [3.8, 4) is 5.75 Å². The zero-order valence-electron chi connectivity index (χ0n) is 7.00. The van der Waals surface area contributed by atoms with E-state index in [2.05, 4.69) is 11.4 Å². The summed E-state index contributed by atoms with van der Waals surface area (Å²) in [5.74, 6) is 0.969. The van der Waals surface area contributed by atoms with Crippen LogP contribution in [0.1, 0.15) is 5.56 Å². The number of hydrogen-bond acceptors (Lipinski definition) is 2. The Kier molecular flexibility index (Phi) is 1.74. The quantitative estimate of drug-likeness (QED) is 0.681. The predicted molar refractivity (Wildman–Crippen MR) is 49.5 cm³/mol. The Morgan fingerprint density at radius 3 is 3.17 bits per heavy atom. The molecule has 0 bridgehead atoms. The lowest BCUT2D eigenvalue weighted by Crippen LogP contribution is -1.97. The normalized spacial score (nSPS) is 13.4. The van der Waals surface area contributed by atoms with E-state index in [0.717, 1.165) is 17.9 Å². The fraction of sp³-hybridized carbons (Fsp3) is 0.200. The van der Waals surface area contributed by atoms with Gasteiger partial charge in [-0.05, 0) is 30.7 Å². The van der Waals surface area contributed by atoms with Crippen molar-refractivity contribution in [3.05, 3.63) is 36.1 Å². The first kappa shape index (κ1) is 7.22. The third kappa shape index (κ3) is 1.16. The first-order valence-corrected chi connectivity index (χ1v) is 4.02. The Bertz CT molecular complexity index is 318. The molecule has 0 unspecified atom stereocenters. The fourth-order valence-electron chi connectivity index (χ4n) is 1.31. The average molecular weight is 161 g/mol. The smallest absolute Gasteiger partial charge is 0.130 e. The summed E-state index contributed by atoms with van der Waals surface area (Å²) in [7, 11) is 1.92. The summed E-state index contributed by atoms with van der Waals surface area (Å²) in [5, 5.41) is 3.10. The summed E-state index contributed by atoms with van der Waals surface area (Å²) in [6, 6.07) is 6.11. The third-order valence-corrected chi connectivity index (χ3v) is 1.98. The van der Waals surface area contributed by atoms with Crippen molar-refractivity contribution in [3.63, 3.8) is 0 Å². The van der Waals surface area contributed by atoms with Crippen LogP contribution in [-0.4, -0.2) is 7.05 Å². The van der Waals surface area contributed by atoms with Gasteiger partial charge in [-0.2, -0.15) is 0 Å². The van der Waals surface area contributed by atoms with Gasteiger partial charge in [0.2, 0.25) is 0 Å². The number of nitrogens with one attached hydrogen (secondary N) is 1. The number of rotatable bonds is 1. The van der Waals surface area contributed by atoms with Crippen LogP contribution in [0.5, 0.6) is 5.75 Å². The molecule has 0 saturated carbocycles. The molecule has 2 heteroatoms. The molecule has 1 aliphatic rings. The number of allylic oxidation sites excluding steroid dienone is 1. The van der Waals surface area contributed by atoms with Crippen molar-refractivity contribution in [2.45, 2.75) is 6.42 Å². The maximum Gasteiger partial charge on any atom is 0.130 e. The summed E-state index contributed by atoms with van der Waals surface area (Å²) < 4.78 is 5.31. The number of ether oxygens (including phenoxy) is 1. The van der Waals surface area contributed by atoms with Crippen molar-refractivity contribution in [2.75, 3.05) is 12.4 Å². The molecule has 0 amide bonds. The lowest BCUT2D eigenvalue weighted by atomic mass is 10.1. The van der Waals surface area contributed by atoms with Crippen molar-refractivity contribution >= 4 is 5.69 Å². The second-order valence-corrected chi connectivity index (χ2v) is 2.77. The van der Waals surface area contributed by atoms with Gasteiger partial charge in [-0.3, -0.25) is 0 Å². The zero-order valence-corrected chi connectivity index (χ0v) is 7.00. The van der Waals surface area contributed by atoms with E-state index in [1.54, 1.807) is 6.26 Å². The molecule has 2 rings (SSSR count). The molecule has 2 nitrogen and oxygen atoms in total. The summed E-state index contributed by atoms with van der Waals surface area (Å²) >= 11 is 0. The minimum atomic E-state index is 0.963. The van der Waals surface area contributed by atoms with Gasteiger partial charge in [0.1, 0.15) is 5.75 Å². The van der Waals surface area contributed by atoms with E-state index >= 15 is 0 Å². The molecule has 0 spiro atoms. The summed E-state index contributed by atoms with van der Waals surface area (Å²) in [6.45, 7) is 0. The standard InChI is InChI=1S/C10H11NO/c1-11-9-4-5-10-8(7-9)3-2-6-12-10/h2,4-7,11H,3H2,1H3. The Balaban J connectivity index is 2.39. The highest BCUT2D eigenvalue weighted by Crippen LogP contribution is 2.25. The molecule has 0 aliphatic carbocycles. The Hall–Kier alpha value is -1.44. The van der Waals surface area contributed by atoms with Crippen LogP contribution in [0.15, 0.2) is 30.5 Å². The van der Waals surface area contributed by atoms with Crippen molar-refractivity contribution in [1.29, 1.82) is 0 Å². The molecule has 1 heterocycles. The van der Waals surface area contributed by atoms with Gasteiger partial charge < -0.3 is 10.1 Å². The number of hydrogen-bond donors (Lipinski definition) is 1. The molecule has 0 fully saturated rings. The van der Waals surface area contributed by atoms with E-state index in [1.165, 1.54) is 5.56 Å². The highest BCUT2D eigenvalue weighted by molar-refractivity contribution is 5.52. The highest BCUT2D eigenvalue weighted by Gasteiger charge is 2.05. The van der Waals surface area contributed by atoms with E-state index in [-0.39, 0.29) is 0 Å². The largest absolute Gasteiger partial charge is 0.465 e. The minimum absolute atomic E-state index is 0.963. The van der Waals surface area contributed by atoms with Crippen LogP contribution in [0, 0.1) is 0 Å². The number of anilines is 1. The van der Waals surface area contributed by atoms with Crippen LogP contribution in [-0.2, 0) is 6.42 Å². The molecule has 12 heavy (non-hydrogen) atoms. The molecule has 0 atom stereocenters. The number of fused-ring (bicyclic) bond motifs is 1. The third-order valence-electron chi connectivity index (χ3n) is 1.98. The molecular formula is C10H11NO. The van der Waals surface area contributed by atoms with Crippen LogP contribution >= 0.6 is 0 Å². The Labute approximate surface area is 71.9 Å². The molecular weight excluding hydrogens is 150 g/mol. The van der Waals surface area contributed by atoms with Crippen LogP contribution in [0.3, 0.4) is 0 Å². The molecule has 0 saturated heterocycles. The zero-order chi connectivity index (χ0) is 8.39. The lowest BCUT2D eigenvalue weighted by molar-refractivity contribution is 0.465. The van der Waals surface area contributed by atoms with Crippen LogP contribution in [0.4, 0.5) is 5.69 Å². The molecule has 1 N–H and O–H groups in total. The topological polar surface area (TPSA) is 21.3 Å². The Morgan fingerprint density at radius 1 is 1.42 bits per heavy atom. The predicted octanol–water partition coefficient (Wildman–Crippen LogP) is 2.18. The summed E-state index contributed by atoms with van der Waals surface area (Å²) in [6.07, 6.45) is 4.72. The van der Waals surface area contributed by atoms with Gasteiger partial charge in [0, 0.05) is 18.3 Å². The average Bonchev–Trinajstić information content (AvgIpc) is 2.17. The van der Waals surface area contributed by atoms with E-state index in [1.807, 2.05) is 25.3 Å². The van der Waals surface area contributed by atoms with Crippen molar-refractivity contribution in [2.24, 2.45) is 0 Å². The first-order valence-electron chi connectivity index (χ1n) is 4.02. The fourth-order valence-corrected chi connectivity index (χ4v) is 1.31. The van der Waals surface area contributed by atoms with Gasteiger partial charge in [0.05, 0.1) is 6.26 Å². The summed E-state index contributed by atoms with van der Waals surface area (Å²) in [5.41, 5.74) is 2.37. The first-order chi connectivity index (χ1) is 5.90. The molecule has 62 valence electrons. The minimum Gasteiger partial charge on any atom is -0.465 e. The number of benzene rings is 1.